The molecule has 2 spiro atoms. The van der Waals surface area contributed by atoms with Crippen LogP contribution in [-0.2, 0) is 23.9 Å². The van der Waals surface area contributed by atoms with Crippen molar-refractivity contribution in [1.82, 2.24) is 0 Å². The van der Waals surface area contributed by atoms with Crippen LogP contribution in [0.15, 0.2) is 0 Å². The summed E-state index contributed by atoms with van der Waals surface area (Å²) >= 11 is 0. The van der Waals surface area contributed by atoms with E-state index in [2.05, 4.69) is 13.8 Å². The number of carbonyl (C=O) groups is 3. The zero-order chi connectivity index (χ0) is 17.8. The minimum Gasteiger partial charge on any atom is -0.465 e. The molecule has 136 valence electrons. The van der Waals surface area contributed by atoms with Crippen molar-refractivity contribution in [3.63, 3.8) is 0 Å². The Morgan fingerprint density at radius 1 is 1.08 bits per heavy atom. The number of hydrogen-bond donors (Lipinski definition) is 0. The van der Waals surface area contributed by atoms with Gasteiger partial charge in [-0.05, 0) is 49.4 Å². The normalized spacial score (nSPS) is 52.8. The van der Waals surface area contributed by atoms with Gasteiger partial charge in [0.2, 0.25) is 0 Å². The fraction of sp³-hybridized carbons (Fsp3) is 0.850. The van der Waals surface area contributed by atoms with Gasteiger partial charge >= 0.3 is 11.9 Å². The van der Waals surface area contributed by atoms with Gasteiger partial charge in [-0.3, -0.25) is 14.4 Å². The summed E-state index contributed by atoms with van der Waals surface area (Å²) in [6.45, 7) is 6.50. The third kappa shape index (κ3) is 1.55. The van der Waals surface area contributed by atoms with Crippen LogP contribution in [0, 0.1) is 39.9 Å². The first-order chi connectivity index (χ1) is 11.7. The molecule has 0 amide bonds. The van der Waals surface area contributed by atoms with E-state index in [4.69, 9.17) is 9.47 Å². The highest BCUT2D eigenvalue weighted by molar-refractivity contribution is 6.08. The number of ketones is 1. The van der Waals surface area contributed by atoms with Crippen molar-refractivity contribution in [3.8, 4) is 0 Å². The van der Waals surface area contributed by atoms with Gasteiger partial charge in [-0.25, -0.2) is 0 Å². The highest BCUT2D eigenvalue weighted by Crippen LogP contribution is 2.70. The van der Waals surface area contributed by atoms with Gasteiger partial charge in [0.25, 0.3) is 0 Å². The number of fused-ring (bicyclic) bond motifs is 1. The molecule has 25 heavy (non-hydrogen) atoms. The van der Waals surface area contributed by atoms with E-state index < -0.39 is 10.8 Å². The van der Waals surface area contributed by atoms with Crippen LogP contribution in [0.4, 0.5) is 0 Å². The Bertz CT molecular complexity index is 696. The van der Waals surface area contributed by atoms with E-state index in [0.717, 1.165) is 25.7 Å². The van der Waals surface area contributed by atoms with E-state index >= 15 is 0 Å². The van der Waals surface area contributed by atoms with Crippen molar-refractivity contribution < 1.29 is 23.9 Å². The summed E-state index contributed by atoms with van der Waals surface area (Å²) in [5.74, 6) is -0.631. The van der Waals surface area contributed by atoms with Gasteiger partial charge in [-0.1, -0.05) is 20.8 Å². The number of carbonyl (C=O) groups excluding carboxylic acids is 3. The number of rotatable bonds is 0. The van der Waals surface area contributed by atoms with Crippen molar-refractivity contribution >= 4 is 17.7 Å². The topological polar surface area (TPSA) is 69.7 Å². The molecule has 3 aliphatic carbocycles. The van der Waals surface area contributed by atoms with Gasteiger partial charge in [-0.2, -0.15) is 0 Å². The van der Waals surface area contributed by atoms with Crippen molar-refractivity contribution in [2.24, 2.45) is 39.9 Å². The quantitative estimate of drug-likeness (QED) is 0.498. The maximum atomic E-state index is 13.2. The lowest BCUT2D eigenvalue weighted by molar-refractivity contribution is -0.231. The maximum absolute atomic E-state index is 13.2. The molecular weight excluding hydrogens is 320 g/mol. The standard InChI is InChI=1S/C20H26O5/c1-10-11-4-5-12-19(8-11,15(10)21)17(23)25-13-6-7-18(2,3)14-16(22)24-9-20(12,13)14/h10-14H,4-9H2,1-3H3/t10-,11-,12-,13+,14-,19+,20-/m1/s1. The third-order valence-electron chi connectivity index (χ3n) is 8.50. The summed E-state index contributed by atoms with van der Waals surface area (Å²) in [6, 6.07) is 0. The minimum atomic E-state index is -1.03. The van der Waals surface area contributed by atoms with E-state index in [0.29, 0.717) is 13.0 Å². The SMILES string of the molecule is C[C@H]1C(=O)[C@]23C[C@H]1CC[C@H]2[C@@]12COC(=O)[C@@H]1C(C)(C)CC[C@@H]2OC3=O. The molecule has 0 unspecified atom stereocenters. The summed E-state index contributed by atoms with van der Waals surface area (Å²) in [5, 5.41) is 0. The van der Waals surface area contributed by atoms with Crippen molar-refractivity contribution in [2.45, 2.75) is 59.0 Å². The lowest BCUT2D eigenvalue weighted by Gasteiger charge is -2.60. The van der Waals surface area contributed by atoms with Crippen molar-refractivity contribution in [1.29, 1.82) is 0 Å². The van der Waals surface area contributed by atoms with Gasteiger partial charge < -0.3 is 9.47 Å². The fourth-order valence-electron chi connectivity index (χ4n) is 7.41. The van der Waals surface area contributed by atoms with E-state index in [1.165, 1.54) is 0 Å². The fourth-order valence-corrected chi connectivity index (χ4v) is 7.41. The molecule has 0 aromatic heterocycles. The first-order valence-corrected chi connectivity index (χ1v) is 9.67. The smallest absolute Gasteiger partial charge is 0.320 e. The molecule has 5 heteroatoms. The Labute approximate surface area is 147 Å². The number of Topliss-reactive ketones (excluding diaryl/α,β-unsaturated/α-hetero) is 1. The summed E-state index contributed by atoms with van der Waals surface area (Å²) < 4.78 is 11.6. The molecule has 0 radical (unpaired) electrons. The number of ether oxygens (including phenoxy) is 2. The molecule has 5 nitrogen and oxygen atoms in total. The van der Waals surface area contributed by atoms with E-state index in [1.54, 1.807) is 0 Å². The third-order valence-corrected chi connectivity index (χ3v) is 8.50. The molecule has 7 atom stereocenters. The average molecular weight is 346 g/mol. The van der Waals surface area contributed by atoms with Crippen LogP contribution < -0.4 is 0 Å². The zero-order valence-corrected chi connectivity index (χ0v) is 15.2. The van der Waals surface area contributed by atoms with E-state index in [-0.39, 0.29) is 52.9 Å². The summed E-state index contributed by atoms with van der Waals surface area (Å²) in [4.78, 5) is 39.0. The Hall–Kier alpha value is -1.39. The summed E-state index contributed by atoms with van der Waals surface area (Å²) in [5.41, 5.74) is -1.74. The molecule has 3 saturated carbocycles. The van der Waals surface area contributed by atoms with Crippen LogP contribution in [0.25, 0.3) is 0 Å². The highest BCUT2D eigenvalue weighted by atomic mass is 16.6. The van der Waals surface area contributed by atoms with Crippen LogP contribution >= 0.6 is 0 Å². The molecule has 5 aliphatic rings. The van der Waals surface area contributed by atoms with Crippen molar-refractivity contribution in [2.75, 3.05) is 6.61 Å². The van der Waals surface area contributed by atoms with Gasteiger partial charge in [0, 0.05) is 5.92 Å². The molecule has 0 aromatic rings. The van der Waals surface area contributed by atoms with Gasteiger partial charge in [0.1, 0.15) is 18.1 Å². The second-order valence-corrected chi connectivity index (χ2v) is 9.79. The van der Waals surface area contributed by atoms with E-state index in [9.17, 15) is 14.4 Å². The largest absolute Gasteiger partial charge is 0.465 e. The van der Waals surface area contributed by atoms with Crippen LogP contribution in [0.3, 0.4) is 0 Å². The van der Waals surface area contributed by atoms with Gasteiger partial charge in [0.15, 0.2) is 5.78 Å². The lowest BCUT2D eigenvalue weighted by Crippen LogP contribution is -2.68. The summed E-state index contributed by atoms with van der Waals surface area (Å²) in [7, 11) is 0. The first-order valence-electron chi connectivity index (χ1n) is 9.67. The van der Waals surface area contributed by atoms with E-state index in [1.807, 2.05) is 6.92 Å². The van der Waals surface area contributed by atoms with Gasteiger partial charge in [-0.15, -0.1) is 0 Å². The predicted molar refractivity (Wildman–Crippen MR) is 87.2 cm³/mol. The Morgan fingerprint density at radius 2 is 1.84 bits per heavy atom. The zero-order valence-electron chi connectivity index (χ0n) is 15.2. The van der Waals surface area contributed by atoms with Crippen molar-refractivity contribution in [3.05, 3.63) is 0 Å². The molecule has 0 aromatic carbocycles. The Balaban J connectivity index is 1.71. The van der Waals surface area contributed by atoms with Crippen LogP contribution in [0.2, 0.25) is 0 Å². The number of cyclic esters (lactones) is 1. The predicted octanol–water partition coefficient (Wildman–Crippen LogP) is 2.51. The van der Waals surface area contributed by atoms with Crippen LogP contribution in [-0.4, -0.2) is 30.4 Å². The molecule has 2 saturated heterocycles. The van der Waals surface area contributed by atoms with Crippen LogP contribution in [0.1, 0.15) is 52.9 Å². The highest BCUT2D eigenvalue weighted by Gasteiger charge is 2.78. The van der Waals surface area contributed by atoms with Gasteiger partial charge in [0.05, 0.1) is 11.3 Å². The lowest BCUT2D eigenvalue weighted by atomic mass is 9.44. The maximum Gasteiger partial charge on any atom is 0.320 e. The average Bonchev–Trinajstić information content (AvgIpc) is 3.01. The van der Waals surface area contributed by atoms with Crippen LogP contribution in [0.5, 0.6) is 0 Å². The second kappa shape index (κ2) is 4.47. The molecule has 5 fully saturated rings. The second-order valence-electron chi connectivity index (χ2n) is 9.79. The molecule has 2 bridgehead atoms. The minimum absolute atomic E-state index is 0.0549. The monoisotopic (exact) mass is 346 g/mol. The summed E-state index contributed by atoms with van der Waals surface area (Å²) in [6.07, 6.45) is 3.69. The molecule has 2 aliphatic heterocycles. The molecule has 0 N–H and O–H groups in total. The number of esters is 2. The Kier molecular flexibility index (Phi) is 2.83. The number of hydrogen-bond acceptors (Lipinski definition) is 5. The molecule has 2 heterocycles. The Morgan fingerprint density at radius 3 is 2.60 bits per heavy atom. The molecular formula is C20H26O5. The first kappa shape index (κ1) is 15.8. The molecule has 5 rings (SSSR count).